The SMILES string of the molecule is Cc1ncccc1C(=O)N1CCC2(CCN(Cc3ccccn3)CC2)C(CO)C1. The maximum absolute atomic E-state index is 13.0. The molecule has 1 atom stereocenters. The van der Waals surface area contributed by atoms with E-state index in [4.69, 9.17) is 0 Å². The highest BCUT2D eigenvalue weighted by Gasteiger charge is 2.45. The van der Waals surface area contributed by atoms with Crippen LogP contribution in [-0.2, 0) is 6.54 Å². The van der Waals surface area contributed by atoms with Crippen LogP contribution < -0.4 is 0 Å². The van der Waals surface area contributed by atoms with Crippen LogP contribution in [0.4, 0.5) is 0 Å². The van der Waals surface area contributed by atoms with Gasteiger partial charge in [0.05, 0.1) is 11.3 Å². The van der Waals surface area contributed by atoms with Crippen molar-refractivity contribution in [1.29, 1.82) is 0 Å². The number of amides is 1. The van der Waals surface area contributed by atoms with E-state index < -0.39 is 0 Å². The highest BCUT2D eigenvalue weighted by Crippen LogP contribution is 2.45. The molecule has 1 spiro atoms. The van der Waals surface area contributed by atoms with E-state index in [2.05, 4.69) is 20.9 Å². The van der Waals surface area contributed by atoms with Crippen LogP contribution in [0.1, 0.15) is 41.0 Å². The smallest absolute Gasteiger partial charge is 0.255 e. The molecule has 0 radical (unpaired) electrons. The van der Waals surface area contributed by atoms with Gasteiger partial charge in [0.25, 0.3) is 5.91 Å². The van der Waals surface area contributed by atoms with E-state index in [0.717, 1.165) is 56.8 Å². The van der Waals surface area contributed by atoms with Crippen molar-refractivity contribution in [2.45, 2.75) is 32.7 Å². The van der Waals surface area contributed by atoms with Crippen molar-refractivity contribution in [2.75, 3.05) is 32.8 Å². The quantitative estimate of drug-likeness (QED) is 0.863. The Hall–Kier alpha value is -2.31. The fourth-order valence-corrected chi connectivity index (χ4v) is 4.96. The third-order valence-corrected chi connectivity index (χ3v) is 6.89. The van der Waals surface area contributed by atoms with Gasteiger partial charge in [0.1, 0.15) is 0 Å². The van der Waals surface area contributed by atoms with E-state index in [1.54, 1.807) is 6.20 Å². The lowest BCUT2D eigenvalue weighted by molar-refractivity contribution is -0.0366. The van der Waals surface area contributed by atoms with Crippen molar-refractivity contribution in [3.63, 3.8) is 0 Å². The molecule has 2 aliphatic rings. The zero-order valence-electron chi connectivity index (χ0n) is 17.1. The highest BCUT2D eigenvalue weighted by molar-refractivity contribution is 5.95. The van der Waals surface area contributed by atoms with Crippen LogP contribution in [0.5, 0.6) is 0 Å². The minimum Gasteiger partial charge on any atom is -0.396 e. The number of aliphatic hydroxyl groups excluding tert-OH is 1. The zero-order chi connectivity index (χ0) is 20.3. The highest BCUT2D eigenvalue weighted by atomic mass is 16.3. The molecule has 4 rings (SSSR count). The predicted octanol–water partition coefficient (Wildman–Crippen LogP) is 2.52. The van der Waals surface area contributed by atoms with Gasteiger partial charge in [0.2, 0.25) is 0 Å². The summed E-state index contributed by atoms with van der Waals surface area (Å²) in [7, 11) is 0. The fraction of sp³-hybridized carbons (Fsp3) is 0.522. The van der Waals surface area contributed by atoms with Gasteiger partial charge in [-0.1, -0.05) is 6.07 Å². The Labute approximate surface area is 172 Å². The van der Waals surface area contributed by atoms with Crippen molar-refractivity contribution in [3.8, 4) is 0 Å². The Morgan fingerprint density at radius 1 is 1.10 bits per heavy atom. The lowest BCUT2D eigenvalue weighted by Gasteiger charge is -2.51. The zero-order valence-corrected chi connectivity index (χ0v) is 17.1. The molecular weight excluding hydrogens is 364 g/mol. The number of carbonyl (C=O) groups is 1. The number of aryl methyl sites for hydroxylation is 1. The minimum atomic E-state index is 0.0384. The number of aliphatic hydroxyl groups is 1. The lowest BCUT2D eigenvalue weighted by Crippen LogP contribution is -2.54. The summed E-state index contributed by atoms with van der Waals surface area (Å²) >= 11 is 0. The number of rotatable bonds is 4. The van der Waals surface area contributed by atoms with Gasteiger partial charge in [0, 0.05) is 50.2 Å². The molecule has 154 valence electrons. The van der Waals surface area contributed by atoms with Crippen LogP contribution in [0.3, 0.4) is 0 Å². The molecule has 4 heterocycles. The topological polar surface area (TPSA) is 69.6 Å². The van der Waals surface area contributed by atoms with Crippen molar-refractivity contribution in [2.24, 2.45) is 11.3 Å². The van der Waals surface area contributed by atoms with Gasteiger partial charge in [0.15, 0.2) is 0 Å². The second-order valence-electron chi connectivity index (χ2n) is 8.48. The molecule has 1 N–H and O–H groups in total. The Morgan fingerprint density at radius 3 is 2.55 bits per heavy atom. The molecule has 2 aliphatic heterocycles. The van der Waals surface area contributed by atoms with E-state index in [0.29, 0.717) is 12.1 Å². The van der Waals surface area contributed by atoms with Gasteiger partial charge in [-0.2, -0.15) is 0 Å². The monoisotopic (exact) mass is 394 g/mol. The summed E-state index contributed by atoms with van der Waals surface area (Å²) in [5, 5.41) is 10.2. The number of aromatic nitrogens is 2. The van der Waals surface area contributed by atoms with Gasteiger partial charge in [-0.25, -0.2) is 0 Å². The first kappa shape index (κ1) is 20.0. The number of hydrogen-bond acceptors (Lipinski definition) is 5. The van der Waals surface area contributed by atoms with E-state index in [9.17, 15) is 9.90 Å². The Balaban J connectivity index is 1.39. The first-order chi connectivity index (χ1) is 14.1. The van der Waals surface area contributed by atoms with Crippen LogP contribution in [0.15, 0.2) is 42.7 Å². The van der Waals surface area contributed by atoms with Gasteiger partial charge in [-0.15, -0.1) is 0 Å². The van der Waals surface area contributed by atoms with Gasteiger partial charge < -0.3 is 10.0 Å². The number of likely N-dealkylation sites (tertiary alicyclic amines) is 2. The second-order valence-corrected chi connectivity index (χ2v) is 8.48. The predicted molar refractivity (Wildman–Crippen MR) is 111 cm³/mol. The van der Waals surface area contributed by atoms with Crippen LogP contribution in [0.25, 0.3) is 0 Å². The maximum atomic E-state index is 13.0. The molecule has 0 saturated carbocycles. The second kappa shape index (κ2) is 8.59. The molecule has 29 heavy (non-hydrogen) atoms. The molecule has 6 nitrogen and oxygen atoms in total. The van der Waals surface area contributed by atoms with E-state index in [1.165, 1.54) is 0 Å². The van der Waals surface area contributed by atoms with E-state index in [1.807, 2.05) is 42.3 Å². The minimum absolute atomic E-state index is 0.0384. The van der Waals surface area contributed by atoms with Gasteiger partial charge in [-0.3, -0.25) is 19.7 Å². The van der Waals surface area contributed by atoms with Crippen molar-refractivity contribution < 1.29 is 9.90 Å². The van der Waals surface area contributed by atoms with Crippen LogP contribution in [0, 0.1) is 18.3 Å². The van der Waals surface area contributed by atoms with Crippen molar-refractivity contribution >= 4 is 5.91 Å². The molecule has 2 fully saturated rings. The molecule has 0 bridgehead atoms. The number of nitrogens with zero attached hydrogens (tertiary/aromatic N) is 4. The summed E-state index contributed by atoms with van der Waals surface area (Å²) in [6, 6.07) is 9.71. The summed E-state index contributed by atoms with van der Waals surface area (Å²) < 4.78 is 0. The lowest BCUT2D eigenvalue weighted by atomic mass is 9.64. The summed E-state index contributed by atoms with van der Waals surface area (Å²) in [5.74, 6) is 0.172. The maximum Gasteiger partial charge on any atom is 0.255 e. The third kappa shape index (κ3) is 4.19. The molecule has 0 aromatic carbocycles. The molecule has 1 unspecified atom stereocenters. The molecule has 2 aromatic heterocycles. The van der Waals surface area contributed by atoms with Gasteiger partial charge in [-0.05, 0) is 69.0 Å². The van der Waals surface area contributed by atoms with Crippen LogP contribution >= 0.6 is 0 Å². The fourth-order valence-electron chi connectivity index (χ4n) is 4.96. The Kier molecular flexibility index (Phi) is 5.92. The normalized spacial score (nSPS) is 22.0. The first-order valence-corrected chi connectivity index (χ1v) is 10.6. The van der Waals surface area contributed by atoms with Crippen molar-refractivity contribution in [1.82, 2.24) is 19.8 Å². The number of piperidine rings is 2. The van der Waals surface area contributed by atoms with E-state index >= 15 is 0 Å². The molecule has 2 aromatic rings. The number of pyridine rings is 2. The summed E-state index contributed by atoms with van der Waals surface area (Å²) in [6.07, 6.45) is 6.66. The summed E-state index contributed by atoms with van der Waals surface area (Å²) in [6.45, 7) is 6.31. The molecular formula is C23H30N4O2. The average Bonchev–Trinajstić information content (AvgIpc) is 2.76. The molecule has 2 saturated heterocycles. The number of carbonyl (C=O) groups excluding carboxylic acids is 1. The van der Waals surface area contributed by atoms with E-state index in [-0.39, 0.29) is 23.8 Å². The van der Waals surface area contributed by atoms with Crippen LogP contribution in [0.2, 0.25) is 0 Å². The molecule has 0 aliphatic carbocycles. The van der Waals surface area contributed by atoms with Crippen LogP contribution in [-0.4, -0.2) is 63.6 Å². The summed E-state index contributed by atoms with van der Waals surface area (Å²) in [4.78, 5) is 26.1. The third-order valence-electron chi connectivity index (χ3n) is 6.89. The average molecular weight is 395 g/mol. The first-order valence-electron chi connectivity index (χ1n) is 10.6. The largest absolute Gasteiger partial charge is 0.396 e. The Bertz CT molecular complexity index is 834. The Morgan fingerprint density at radius 2 is 1.86 bits per heavy atom. The molecule has 1 amide bonds. The molecule has 6 heteroatoms. The standard InChI is InChI=1S/C23H30N4O2/c1-18-21(6-4-11-24-18)22(29)27-14-9-23(19(15-27)17-28)7-12-26(13-8-23)16-20-5-2-3-10-25-20/h2-6,10-11,19,28H,7-9,12-17H2,1H3. The summed E-state index contributed by atoms with van der Waals surface area (Å²) in [5.41, 5.74) is 2.68. The number of hydrogen-bond donors (Lipinski definition) is 1. The van der Waals surface area contributed by atoms with Crippen molar-refractivity contribution in [3.05, 3.63) is 59.7 Å². The van der Waals surface area contributed by atoms with Gasteiger partial charge >= 0.3 is 0 Å².